The Morgan fingerprint density at radius 3 is 3.00 bits per heavy atom. The predicted molar refractivity (Wildman–Crippen MR) is 65.6 cm³/mol. The SMILES string of the molecule is Cc1cnccc1-c1nc(CCN)cc(=O)[nH]1. The van der Waals surface area contributed by atoms with Gasteiger partial charge in [-0.05, 0) is 25.1 Å². The molecule has 0 saturated carbocycles. The van der Waals surface area contributed by atoms with Crippen molar-refractivity contribution >= 4 is 0 Å². The van der Waals surface area contributed by atoms with E-state index in [2.05, 4.69) is 15.0 Å². The lowest BCUT2D eigenvalue weighted by Crippen LogP contribution is -2.13. The Labute approximate surface area is 98.7 Å². The predicted octanol–water partition coefficient (Wildman–Crippen LogP) is 0.642. The maximum absolute atomic E-state index is 11.5. The van der Waals surface area contributed by atoms with E-state index < -0.39 is 0 Å². The Morgan fingerprint density at radius 1 is 1.47 bits per heavy atom. The van der Waals surface area contributed by atoms with Gasteiger partial charge in [0.05, 0.1) is 0 Å². The highest BCUT2D eigenvalue weighted by molar-refractivity contribution is 5.58. The molecule has 2 rings (SSSR count). The van der Waals surface area contributed by atoms with Gasteiger partial charge in [-0.2, -0.15) is 0 Å². The van der Waals surface area contributed by atoms with Gasteiger partial charge in [-0.25, -0.2) is 4.98 Å². The van der Waals surface area contributed by atoms with Crippen molar-refractivity contribution in [2.75, 3.05) is 6.54 Å². The number of H-pyrrole nitrogens is 1. The van der Waals surface area contributed by atoms with Crippen molar-refractivity contribution < 1.29 is 0 Å². The van der Waals surface area contributed by atoms with Gasteiger partial charge in [-0.15, -0.1) is 0 Å². The summed E-state index contributed by atoms with van der Waals surface area (Å²) < 4.78 is 0. The Balaban J connectivity index is 2.52. The van der Waals surface area contributed by atoms with Crippen LogP contribution in [0.1, 0.15) is 11.3 Å². The second-order valence-electron chi connectivity index (χ2n) is 3.81. The van der Waals surface area contributed by atoms with Gasteiger partial charge >= 0.3 is 0 Å². The van der Waals surface area contributed by atoms with Crippen LogP contribution in [0.2, 0.25) is 0 Å². The van der Waals surface area contributed by atoms with Crippen LogP contribution in [-0.4, -0.2) is 21.5 Å². The lowest BCUT2D eigenvalue weighted by Gasteiger charge is -2.05. The lowest BCUT2D eigenvalue weighted by atomic mass is 10.1. The van der Waals surface area contributed by atoms with Crippen LogP contribution in [0.5, 0.6) is 0 Å². The van der Waals surface area contributed by atoms with E-state index in [-0.39, 0.29) is 5.56 Å². The fraction of sp³-hybridized carbons (Fsp3) is 0.250. The molecule has 17 heavy (non-hydrogen) atoms. The summed E-state index contributed by atoms with van der Waals surface area (Å²) in [6.45, 7) is 2.41. The zero-order valence-electron chi connectivity index (χ0n) is 9.60. The summed E-state index contributed by atoms with van der Waals surface area (Å²) in [4.78, 5) is 22.6. The Morgan fingerprint density at radius 2 is 2.29 bits per heavy atom. The molecule has 0 aliphatic rings. The van der Waals surface area contributed by atoms with Crippen LogP contribution in [0.4, 0.5) is 0 Å². The number of rotatable bonds is 3. The van der Waals surface area contributed by atoms with Gasteiger partial charge in [-0.3, -0.25) is 9.78 Å². The number of nitrogens with two attached hydrogens (primary N) is 1. The van der Waals surface area contributed by atoms with Crippen LogP contribution in [0.15, 0.2) is 29.3 Å². The van der Waals surface area contributed by atoms with Crippen LogP contribution in [0.25, 0.3) is 11.4 Å². The summed E-state index contributed by atoms with van der Waals surface area (Å²) in [6, 6.07) is 3.31. The maximum Gasteiger partial charge on any atom is 0.251 e. The largest absolute Gasteiger partial charge is 0.330 e. The number of pyridine rings is 1. The van der Waals surface area contributed by atoms with Gasteiger partial charge in [0.1, 0.15) is 5.82 Å². The van der Waals surface area contributed by atoms with E-state index in [0.717, 1.165) is 11.1 Å². The molecule has 2 aromatic heterocycles. The molecule has 0 bridgehead atoms. The summed E-state index contributed by atoms with van der Waals surface area (Å²) in [7, 11) is 0. The summed E-state index contributed by atoms with van der Waals surface area (Å²) in [5.74, 6) is 0.570. The molecule has 3 N–H and O–H groups in total. The monoisotopic (exact) mass is 230 g/mol. The third kappa shape index (κ3) is 2.57. The van der Waals surface area contributed by atoms with Crippen molar-refractivity contribution in [3.63, 3.8) is 0 Å². The number of hydrogen-bond donors (Lipinski definition) is 2. The summed E-state index contributed by atoms with van der Waals surface area (Å²) in [5.41, 5.74) is 7.88. The van der Waals surface area contributed by atoms with Gasteiger partial charge in [-0.1, -0.05) is 0 Å². The number of aryl methyl sites for hydroxylation is 1. The average molecular weight is 230 g/mol. The first kappa shape index (κ1) is 11.5. The zero-order valence-corrected chi connectivity index (χ0v) is 9.60. The lowest BCUT2D eigenvalue weighted by molar-refractivity contribution is 0.905. The molecule has 5 heteroatoms. The highest BCUT2D eigenvalue weighted by atomic mass is 16.1. The molecule has 0 fully saturated rings. The third-order valence-electron chi connectivity index (χ3n) is 2.47. The van der Waals surface area contributed by atoms with Crippen LogP contribution in [-0.2, 0) is 6.42 Å². The molecule has 0 amide bonds. The molecule has 0 saturated heterocycles. The number of nitrogens with zero attached hydrogens (tertiary/aromatic N) is 2. The molecule has 2 heterocycles. The fourth-order valence-corrected chi connectivity index (χ4v) is 1.65. The van der Waals surface area contributed by atoms with Gasteiger partial charge in [0, 0.05) is 36.1 Å². The van der Waals surface area contributed by atoms with Gasteiger partial charge in [0.25, 0.3) is 5.56 Å². The van der Waals surface area contributed by atoms with Crippen molar-refractivity contribution in [1.29, 1.82) is 0 Å². The molecule has 0 atom stereocenters. The first-order chi connectivity index (χ1) is 8.20. The van der Waals surface area contributed by atoms with Crippen LogP contribution in [0, 0.1) is 6.92 Å². The normalized spacial score (nSPS) is 10.5. The minimum absolute atomic E-state index is 0.158. The van der Waals surface area contributed by atoms with E-state index in [9.17, 15) is 4.79 Å². The molecule has 0 aliphatic carbocycles. The van der Waals surface area contributed by atoms with Crippen molar-refractivity contribution in [3.8, 4) is 11.4 Å². The van der Waals surface area contributed by atoms with E-state index in [1.165, 1.54) is 6.07 Å². The standard InChI is InChI=1S/C12H14N4O/c1-8-7-14-5-3-10(8)12-15-9(2-4-13)6-11(17)16-12/h3,5-7H,2,4,13H2,1H3,(H,15,16,17). The van der Waals surface area contributed by atoms with Crippen LogP contribution in [0.3, 0.4) is 0 Å². The van der Waals surface area contributed by atoms with Crippen molar-refractivity contribution in [2.45, 2.75) is 13.3 Å². The molecule has 0 spiro atoms. The van der Waals surface area contributed by atoms with Crippen molar-refractivity contribution in [1.82, 2.24) is 15.0 Å². The highest BCUT2D eigenvalue weighted by Crippen LogP contribution is 2.16. The number of aromatic amines is 1. The summed E-state index contributed by atoms with van der Waals surface area (Å²) in [5, 5.41) is 0. The second-order valence-corrected chi connectivity index (χ2v) is 3.81. The molecule has 88 valence electrons. The topological polar surface area (TPSA) is 84.7 Å². The molecular formula is C12H14N4O. The van der Waals surface area contributed by atoms with Crippen LogP contribution >= 0.6 is 0 Å². The van der Waals surface area contributed by atoms with Gasteiger partial charge < -0.3 is 10.7 Å². The van der Waals surface area contributed by atoms with E-state index >= 15 is 0 Å². The molecular weight excluding hydrogens is 216 g/mol. The summed E-state index contributed by atoms with van der Waals surface area (Å²) in [6.07, 6.45) is 4.02. The molecule has 0 aromatic carbocycles. The quantitative estimate of drug-likeness (QED) is 0.810. The van der Waals surface area contributed by atoms with Crippen molar-refractivity contribution in [3.05, 3.63) is 46.1 Å². The molecule has 5 nitrogen and oxygen atoms in total. The highest BCUT2D eigenvalue weighted by Gasteiger charge is 2.06. The average Bonchev–Trinajstić information content (AvgIpc) is 2.29. The summed E-state index contributed by atoms with van der Waals surface area (Å²) >= 11 is 0. The van der Waals surface area contributed by atoms with Crippen LogP contribution < -0.4 is 11.3 Å². The maximum atomic E-state index is 11.5. The van der Waals surface area contributed by atoms with E-state index in [0.29, 0.717) is 24.5 Å². The number of nitrogens with one attached hydrogen (secondary N) is 1. The molecule has 0 aliphatic heterocycles. The Bertz CT molecular complexity index is 577. The van der Waals surface area contributed by atoms with E-state index in [1.54, 1.807) is 12.4 Å². The second kappa shape index (κ2) is 4.88. The molecule has 2 aromatic rings. The number of hydrogen-bond acceptors (Lipinski definition) is 4. The minimum Gasteiger partial charge on any atom is -0.330 e. The first-order valence-corrected chi connectivity index (χ1v) is 5.42. The van der Waals surface area contributed by atoms with Crippen molar-refractivity contribution in [2.24, 2.45) is 5.73 Å². The van der Waals surface area contributed by atoms with E-state index in [1.807, 2.05) is 13.0 Å². The van der Waals surface area contributed by atoms with Gasteiger partial charge in [0.2, 0.25) is 0 Å². The van der Waals surface area contributed by atoms with E-state index in [4.69, 9.17) is 5.73 Å². The third-order valence-corrected chi connectivity index (χ3v) is 2.47. The molecule has 0 radical (unpaired) electrons. The smallest absolute Gasteiger partial charge is 0.251 e. The zero-order chi connectivity index (χ0) is 12.3. The minimum atomic E-state index is -0.158. The number of aromatic nitrogens is 3. The fourth-order valence-electron chi connectivity index (χ4n) is 1.65. The van der Waals surface area contributed by atoms with Gasteiger partial charge in [0.15, 0.2) is 0 Å². The Kier molecular flexibility index (Phi) is 3.30. The molecule has 0 unspecified atom stereocenters. The Hall–Kier alpha value is -2.01. The first-order valence-electron chi connectivity index (χ1n) is 5.42.